The van der Waals surface area contributed by atoms with Gasteiger partial charge in [-0.2, -0.15) is 0 Å². The maximum Gasteiger partial charge on any atom is 0.239 e. The highest BCUT2D eigenvalue weighted by Gasteiger charge is 2.32. The summed E-state index contributed by atoms with van der Waals surface area (Å²) in [5, 5.41) is 3.52. The summed E-state index contributed by atoms with van der Waals surface area (Å²) in [4.78, 5) is 17.3. The van der Waals surface area contributed by atoms with Crippen LogP contribution in [0.3, 0.4) is 0 Å². The molecular weight excluding hydrogens is 302 g/mol. The van der Waals surface area contributed by atoms with E-state index in [1.165, 1.54) is 38.8 Å². The van der Waals surface area contributed by atoms with Crippen LogP contribution >= 0.6 is 0 Å². The number of carbonyl (C=O) groups is 1. The van der Waals surface area contributed by atoms with E-state index in [2.05, 4.69) is 22.2 Å². The third kappa shape index (κ3) is 4.70. The molecular formula is C19H35N3O2. The van der Waals surface area contributed by atoms with Gasteiger partial charge in [-0.3, -0.25) is 4.79 Å². The maximum atomic E-state index is 12.7. The van der Waals surface area contributed by atoms with E-state index in [-0.39, 0.29) is 6.04 Å². The molecule has 0 saturated carbocycles. The first-order valence-electron chi connectivity index (χ1n) is 9.94. The van der Waals surface area contributed by atoms with Crippen molar-refractivity contribution in [2.45, 2.75) is 57.5 Å². The van der Waals surface area contributed by atoms with E-state index < -0.39 is 0 Å². The van der Waals surface area contributed by atoms with Crippen LogP contribution < -0.4 is 5.32 Å². The third-order valence-electron chi connectivity index (χ3n) is 6.36. The normalized spacial score (nSPS) is 27.3. The maximum absolute atomic E-state index is 12.7. The van der Waals surface area contributed by atoms with Crippen LogP contribution in [-0.4, -0.2) is 74.2 Å². The van der Waals surface area contributed by atoms with Gasteiger partial charge in [-0.1, -0.05) is 0 Å². The summed E-state index contributed by atoms with van der Waals surface area (Å²) in [5.41, 5.74) is 0. The summed E-state index contributed by atoms with van der Waals surface area (Å²) in [6, 6.07) is 0.377. The van der Waals surface area contributed by atoms with Crippen LogP contribution in [0.4, 0.5) is 0 Å². The molecule has 0 radical (unpaired) electrons. The lowest BCUT2D eigenvalue weighted by Crippen LogP contribution is -2.51. The van der Waals surface area contributed by atoms with Gasteiger partial charge in [0.25, 0.3) is 0 Å². The Morgan fingerprint density at radius 2 is 1.50 bits per heavy atom. The first kappa shape index (κ1) is 18.2. The Morgan fingerprint density at radius 1 is 0.958 bits per heavy atom. The predicted octanol–water partition coefficient (Wildman–Crippen LogP) is 1.72. The van der Waals surface area contributed by atoms with Crippen LogP contribution in [0.5, 0.6) is 0 Å². The molecule has 138 valence electrons. The molecule has 3 heterocycles. The minimum atomic E-state index is -0.0621. The van der Waals surface area contributed by atoms with Gasteiger partial charge in [0.2, 0.25) is 5.91 Å². The van der Waals surface area contributed by atoms with Gasteiger partial charge in [0.05, 0.1) is 6.04 Å². The SMILES string of the molecule is CC(NC1CCOCC1)C(=O)N1CCC(C2CCN(C)CC2)CC1. The minimum absolute atomic E-state index is 0.0621. The molecule has 3 saturated heterocycles. The van der Waals surface area contributed by atoms with E-state index >= 15 is 0 Å². The van der Waals surface area contributed by atoms with Crippen molar-refractivity contribution < 1.29 is 9.53 Å². The van der Waals surface area contributed by atoms with Crippen molar-refractivity contribution in [3.05, 3.63) is 0 Å². The van der Waals surface area contributed by atoms with Crippen LogP contribution in [0.15, 0.2) is 0 Å². The van der Waals surface area contributed by atoms with Crippen LogP contribution in [0.25, 0.3) is 0 Å². The second-order valence-corrected chi connectivity index (χ2v) is 8.08. The molecule has 0 aliphatic carbocycles. The van der Waals surface area contributed by atoms with Crippen LogP contribution in [0.1, 0.15) is 45.4 Å². The zero-order valence-corrected chi connectivity index (χ0v) is 15.5. The van der Waals surface area contributed by atoms with Gasteiger partial charge in [-0.15, -0.1) is 0 Å². The Balaban J connectivity index is 1.41. The van der Waals surface area contributed by atoms with E-state index in [1.54, 1.807) is 0 Å². The Kier molecular flexibility index (Phi) is 6.53. The van der Waals surface area contributed by atoms with Gasteiger partial charge in [-0.25, -0.2) is 0 Å². The van der Waals surface area contributed by atoms with E-state index in [0.717, 1.165) is 51.0 Å². The number of hydrogen-bond acceptors (Lipinski definition) is 4. The molecule has 0 aromatic heterocycles. The smallest absolute Gasteiger partial charge is 0.239 e. The van der Waals surface area contributed by atoms with E-state index in [4.69, 9.17) is 4.74 Å². The number of hydrogen-bond donors (Lipinski definition) is 1. The predicted molar refractivity (Wildman–Crippen MR) is 96.0 cm³/mol. The fraction of sp³-hybridized carbons (Fsp3) is 0.947. The topological polar surface area (TPSA) is 44.8 Å². The highest BCUT2D eigenvalue weighted by atomic mass is 16.5. The highest BCUT2D eigenvalue weighted by molar-refractivity contribution is 5.81. The fourth-order valence-electron chi connectivity index (χ4n) is 4.65. The van der Waals surface area contributed by atoms with Gasteiger partial charge in [-0.05, 0) is 77.4 Å². The average Bonchev–Trinajstić information content (AvgIpc) is 2.63. The summed E-state index contributed by atoms with van der Waals surface area (Å²) in [6.45, 7) is 8.07. The van der Waals surface area contributed by atoms with Crippen LogP contribution in [0, 0.1) is 11.8 Å². The lowest BCUT2D eigenvalue weighted by atomic mass is 9.79. The number of piperidine rings is 2. The van der Waals surface area contributed by atoms with Crippen molar-refractivity contribution in [2.75, 3.05) is 46.4 Å². The van der Waals surface area contributed by atoms with Crippen molar-refractivity contribution in [1.29, 1.82) is 0 Å². The number of carbonyl (C=O) groups excluding carboxylic acids is 1. The van der Waals surface area contributed by atoms with E-state index in [9.17, 15) is 4.79 Å². The quantitative estimate of drug-likeness (QED) is 0.848. The summed E-state index contributed by atoms with van der Waals surface area (Å²) >= 11 is 0. The molecule has 0 aromatic carbocycles. The van der Waals surface area contributed by atoms with Gasteiger partial charge in [0, 0.05) is 32.3 Å². The number of nitrogens with zero attached hydrogens (tertiary/aromatic N) is 2. The molecule has 1 atom stereocenters. The van der Waals surface area contributed by atoms with Gasteiger partial charge < -0.3 is 19.9 Å². The Morgan fingerprint density at radius 3 is 2.08 bits per heavy atom. The number of nitrogens with one attached hydrogen (secondary N) is 1. The third-order valence-corrected chi connectivity index (χ3v) is 6.36. The molecule has 5 heteroatoms. The van der Waals surface area contributed by atoms with Crippen molar-refractivity contribution in [3.63, 3.8) is 0 Å². The van der Waals surface area contributed by atoms with Crippen molar-refractivity contribution in [3.8, 4) is 0 Å². The number of rotatable bonds is 4. The Labute approximate surface area is 147 Å². The molecule has 3 rings (SSSR count). The second-order valence-electron chi connectivity index (χ2n) is 8.08. The standard InChI is InChI=1S/C19H35N3O2/c1-15(20-18-7-13-24-14-8-18)19(23)22-11-5-17(6-12-22)16-3-9-21(2)10-4-16/h15-18,20H,3-14H2,1-2H3. The van der Waals surface area contributed by atoms with Crippen LogP contribution in [0.2, 0.25) is 0 Å². The average molecular weight is 338 g/mol. The van der Waals surface area contributed by atoms with Crippen molar-refractivity contribution in [2.24, 2.45) is 11.8 Å². The molecule has 24 heavy (non-hydrogen) atoms. The number of likely N-dealkylation sites (tertiary alicyclic amines) is 2. The molecule has 1 amide bonds. The minimum Gasteiger partial charge on any atom is -0.381 e. The zero-order chi connectivity index (χ0) is 16.9. The largest absolute Gasteiger partial charge is 0.381 e. The monoisotopic (exact) mass is 337 g/mol. The van der Waals surface area contributed by atoms with E-state index in [1.807, 2.05) is 6.92 Å². The summed E-state index contributed by atoms with van der Waals surface area (Å²) in [7, 11) is 2.23. The van der Waals surface area contributed by atoms with E-state index in [0.29, 0.717) is 11.9 Å². The summed E-state index contributed by atoms with van der Waals surface area (Å²) in [6.07, 6.45) is 7.13. The lowest BCUT2D eigenvalue weighted by Gasteiger charge is -2.40. The molecule has 0 spiro atoms. The second kappa shape index (κ2) is 8.63. The zero-order valence-electron chi connectivity index (χ0n) is 15.5. The number of amides is 1. The molecule has 3 aliphatic heterocycles. The number of ether oxygens (including phenoxy) is 1. The molecule has 0 aromatic rings. The Hall–Kier alpha value is -0.650. The van der Waals surface area contributed by atoms with Crippen molar-refractivity contribution in [1.82, 2.24) is 15.1 Å². The van der Waals surface area contributed by atoms with Crippen LogP contribution in [-0.2, 0) is 9.53 Å². The van der Waals surface area contributed by atoms with Crippen molar-refractivity contribution >= 4 is 5.91 Å². The van der Waals surface area contributed by atoms with Gasteiger partial charge in [0.15, 0.2) is 0 Å². The summed E-state index contributed by atoms with van der Waals surface area (Å²) < 4.78 is 5.40. The first-order valence-corrected chi connectivity index (χ1v) is 9.94. The Bertz CT molecular complexity index is 395. The highest BCUT2D eigenvalue weighted by Crippen LogP contribution is 2.32. The molecule has 3 aliphatic rings. The fourth-order valence-corrected chi connectivity index (χ4v) is 4.65. The van der Waals surface area contributed by atoms with Gasteiger partial charge >= 0.3 is 0 Å². The lowest BCUT2D eigenvalue weighted by molar-refractivity contribution is -0.135. The van der Waals surface area contributed by atoms with Gasteiger partial charge in [0.1, 0.15) is 0 Å². The first-order chi connectivity index (χ1) is 11.6. The molecule has 1 unspecified atom stereocenters. The molecule has 0 bridgehead atoms. The molecule has 3 fully saturated rings. The molecule has 5 nitrogen and oxygen atoms in total. The molecule has 1 N–H and O–H groups in total. The summed E-state index contributed by atoms with van der Waals surface area (Å²) in [5.74, 6) is 2.01.